The van der Waals surface area contributed by atoms with Crippen molar-refractivity contribution in [3.05, 3.63) is 89.7 Å². The number of carbonyl (C=O) groups excluding carboxylic acids is 1. The summed E-state index contributed by atoms with van der Waals surface area (Å²) >= 11 is 0. The maximum absolute atomic E-state index is 13.0. The van der Waals surface area contributed by atoms with Crippen LogP contribution in [0.15, 0.2) is 72.9 Å². The first-order valence-electron chi connectivity index (χ1n) is 8.84. The van der Waals surface area contributed by atoms with Gasteiger partial charge in [0.2, 0.25) is 0 Å². The Bertz CT molecular complexity index is 909. The molecule has 0 aliphatic carbocycles. The molecule has 0 unspecified atom stereocenters. The van der Waals surface area contributed by atoms with Crippen LogP contribution in [0.5, 0.6) is 5.75 Å². The van der Waals surface area contributed by atoms with Crippen molar-refractivity contribution >= 4 is 11.6 Å². The zero-order valence-corrected chi connectivity index (χ0v) is 14.5. The van der Waals surface area contributed by atoms with E-state index in [1.807, 2.05) is 71.6 Å². The van der Waals surface area contributed by atoms with Crippen molar-refractivity contribution in [2.75, 3.05) is 11.4 Å². The number of pyridine rings is 1. The topological polar surface area (TPSA) is 42.4 Å². The molecule has 0 bridgehead atoms. The summed E-state index contributed by atoms with van der Waals surface area (Å²) in [7, 11) is 0. The van der Waals surface area contributed by atoms with Crippen molar-refractivity contribution in [3.8, 4) is 5.75 Å². The van der Waals surface area contributed by atoms with E-state index in [2.05, 4.69) is 4.98 Å². The molecule has 2 heterocycles. The van der Waals surface area contributed by atoms with Crippen LogP contribution in [0.2, 0.25) is 0 Å². The highest BCUT2D eigenvalue weighted by atomic mass is 16.5. The van der Waals surface area contributed by atoms with E-state index in [4.69, 9.17) is 4.74 Å². The van der Waals surface area contributed by atoms with Crippen molar-refractivity contribution in [2.45, 2.75) is 19.4 Å². The van der Waals surface area contributed by atoms with Crippen LogP contribution in [0, 0.1) is 0 Å². The predicted octanol–water partition coefficient (Wildman–Crippen LogP) is 4.25. The lowest BCUT2D eigenvalue weighted by Gasteiger charge is -2.28. The molecular weight excluding hydrogens is 324 g/mol. The summed E-state index contributed by atoms with van der Waals surface area (Å²) in [5.74, 6) is 0.687. The molecule has 1 aliphatic rings. The van der Waals surface area contributed by atoms with Crippen LogP contribution in [-0.4, -0.2) is 17.4 Å². The van der Waals surface area contributed by atoms with Gasteiger partial charge in [0.05, 0.1) is 11.4 Å². The Morgan fingerprint density at radius 3 is 2.81 bits per heavy atom. The highest BCUT2D eigenvalue weighted by Gasteiger charge is 2.24. The number of nitrogens with zero attached hydrogens (tertiary/aromatic N) is 2. The number of anilines is 1. The summed E-state index contributed by atoms with van der Waals surface area (Å²) in [6, 6.07) is 21.2. The van der Waals surface area contributed by atoms with E-state index in [-0.39, 0.29) is 5.91 Å². The number of hydrogen-bond acceptors (Lipinski definition) is 3. The Morgan fingerprint density at radius 2 is 1.92 bits per heavy atom. The van der Waals surface area contributed by atoms with Crippen molar-refractivity contribution < 1.29 is 9.53 Å². The highest BCUT2D eigenvalue weighted by molar-refractivity contribution is 6.06. The van der Waals surface area contributed by atoms with E-state index in [9.17, 15) is 4.79 Å². The summed E-state index contributed by atoms with van der Waals surface area (Å²) in [4.78, 5) is 19.3. The Labute approximate surface area is 153 Å². The first kappa shape index (κ1) is 16.3. The molecule has 1 aromatic heterocycles. The Balaban J connectivity index is 1.52. The molecule has 4 rings (SSSR count). The lowest BCUT2D eigenvalue weighted by molar-refractivity contribution is 0.0984. The van der Waals surface area contributed by atoms with Crippen LogP contribution in [-0.2, 0) is 13.0 Å². The fourth-order valence-corrected chi connectivity index (χ4v) is 3.22. The van der Waals surface area contributed by atoms with Crippen molar-refractivity contribution in [2.24, 2.45) is 0 Å². The highest BCUT2D eigenvalue weighted by Crippen LogP contribution is 2.27. The molecule has 0 saturated heterocycles. The lowest BCUT2D eigenvalue weighted by Crippen LogP contribution is -2.35. The largest absolute Gasteiger partial charge is 0.489 e. The van der Waals surface area contributed by atoms with Gasteiger partial charge >= 0.3 is 0 Å². The second-order valence-corrected chi connectivity index (χ2v) is 6.33. The van der Waals surface area contributed by atoms with Crippen LogP contribution in [0.25, 0.3) is 0 Å². The van der Waals surface area contributed by atoms with E-state index in [1.165, 1.54) is 0 Å². The quantitative estimate of drug-likeness (QED) is 0.710. The van der Waals surface area contributed by atoms with Crippen LogP contribution < -0.4 is 9.64 Å². The molecule has 26 heavy (non-hydrogen) atoms. The van der Waals surface area contributed by atoms with Gasteiger partial charge in [-0.15, -0.1) is 0 Å². The Morgan fingerprint density at radius 1 is 1.04 bits per heavy atom. The second-order valence-electron chi connectivity index (χ2n) is 6.33. The van der Waals surface area contributed by atoms with Crippen molar-refractivity contribution in [1.82, 2.24) is 4.98 Å². The standard InChI is InChI=1S/C22H20N2O2/c25-22(24-14-6-11-20-21(24)12-5-13-23-20)18-9-4-10-19(15-18)26-16-17-7-2-1-3-8-17/h1-5,7-10,12-13,15H,6,11,14,16H2. The Hall–Kier alpha value is -3.14. The molecule has 1 aliphatic heterocycles. The minimum absolute atomic E-state index is 0.0101. The zero-order chi connectivity index (χ0) is 17.8. The number of rotatable bonds is 4. The van der Waals surface area contributed by atoms with Crippen LogP contribution in [0.3, 0.4) is 0 Å². The number of benzene rings is 2. The molecule has 0 spiro atoms. The number of amides is 1. The molecule has 4 nitrogen and oxygen atoms in total. The molecule has 1 amide bonds. The number of aryl methyl sites for hydroxylation is 1. The smallest absolute Gasteiger partial charge is 0.258 e. The van der Waals surface area contributed by atoms with Gasteiger partial charge in [0.25, 0.3) is 5.91 Å². The molecule has 130 valence electrons. The molecule has 2 aromatic carbocycles. The first-order chi connectivity index (χ1) is 12.8. The number of hydrogen-bond donors (Lipinski definition) is 0. The van der Waals surface area contributed by atoms with Crippen molar-refractivity contribution in [3.63, 3.8) is 0 Å². The molecule has 0 N–H and O–H groups in total. The van der Waals surface area contributed by atoms with E-state index < -0.39 is 0 Å². The van der Waals surface area contributed by atoms with Crippen LogP contribution in [0.4, 0.5) is 5.69 Å². The van der Waals surface area contributed by atoms with Gasteiger partial charge in [0.15, 0.2) is 0 Å². The minimum atomic E-state index is -0.0101. The normalized spacial score (nSPS) is 13.2. The predicted molar refractivity (Wildman–Crippen MR) is 101 cm³/mol. The van der Waals surface area contributed by atoms with Gasteiger partial charge in [-0.25, -0.2) is 0 Å². The number of fused-ring (bicyclic) bond motifs is 1. The van der Waals surface area contributed by atoms with Gasteiger partial charge in [0.1, 0.15) is 12.4 Å². The summed E-state index contributed by atoms with van der Waals surface area (Å²) in [5.41, 5.74) is 3.63. The van der Waals surface area contributed by atoms with Crippen LogP contribution in [0.1, 0.15) is 28.0 Å². The van der Waals surface area contributed by atoms with Gasteiger partial charge in [0, 0.05) is 18.3 Å². The average molecular weight is 344 g/mol. The van der Waals surface area contributed by atoms with Gasteiger partial charge in [-0.2, -0.15) is 0 Å². The van der Waals surface area contributed by atoms with E-state index >= 15 is 0 Å². The molecule has 4 heteroatoms. The third kappa shape index (κ3) is 3.45. The average Bonchev–Trinajstić information content (AvgIpc) is 2.72. The number of carbonyl (C=O) groups is 1. The molecule has 0 atom stereocenters. The fraction of sp³-hybridized carbons (Fsp3) is 0.182. The van der Waals surface area contributed by atoms with E-state index in [0.29, 0.717) is 24.5 Å². The lowest BCUT2D eigenvalue weighted by atomic mass is 10.1. The third-order valence-electron chi connectivity index (χ3n) is 4.53. The van der Waals surface area contributed by atoms with Gasteiger partial charge in [-0.1, -0.05) is 36.4 Å². The summed E-state index contributed by atoms with van der Waals surface area (Å²) in [6.07, 6.45) is 3.63. The number of ether oxygens (including phenoxy) is 1. The maximum Gasteiger partial charge on any atom is 0.258 e. The zero-order valence-electron chi connectivity index (χ0n) is 14.5. The fourth-order valence-electron chi connectivity index (χ4n) is 3.22. The Kier molecular flexibility index (Phi) is 4.65. The first-order valence-corrected chi connectivity index (χ1v) is 8.84. The van der Waals surface area contributed by atoms with Gasteiger partial charge < -0.3 is 9.64 Å². The molecule has 0 saturated carbocycles. The monoisotopic (exact) mass is 344 g/mol. The van der Waals surface area contributed by atoms with Gasteiger partial charge in [-0.05, 0) is 48.7 Å². The van der Waals surface area contributed by atoms with Crippen LogP contribution >= 0.6 is 0 Å². The third-order valence-corrected chi connectivity index (χ3v) is 4.53. The summed E-state index contributed by atoms with van der Waals surface area (Å²) in [6.45, 7) is 1.20. The molecule has 0 radical (unpaired) electrons. The van der Waals surface area contributed by atoms with E-state index in [1.54, 1.807) is 6.20 Å². The minimum Gasteiger partial charge on any atom is -0.489 e. The number of aromatic nitrogens is 1. The molecule has 3 aromatic rings. The summed E-state index contributed by atoms with van der Waals surface area (Å²) < 4.78 is 5.86. The van der Waals surface area contributed by atoms with Gasteiger partial charge in [-0.3, -0.25) is 9.78 Å². The summed E-state index contributed by atoms with van der Waals surface area (Å²) in [5, 5.41) is 0. The van der Waals surface area contributed by atoms with E-state index in [0.717, 1.165) is 29.8 Å². The van der Waals surface area contributed by atoms with Crippen molar-refractivity contribution in [1.29, 1.82) is 0 Å². The maximum atomic E-state index is 13.0. The SMILES string of the molecule is O=C(c1cccc(OCc2ccccc2)c1)N1CCCc2ncccc21. The molecule has 0 fully saturated rings. The molecular formula is C22H20N2O2. The second kappa shape index (κ2) is 7.40.